The minimum absolute atomic E-state index is 0.0217. The summed E-state index contributed by atoms with van der Waals surface area (Å²) >= 11 is 0.705. The maximum atomic E-state index is 11.0. The number of nitrogens with zero attached hydrogens (tertiary/aromatic N) is 2. The summed E-state index contributed by atoms with van der Waals surface area (Å²) in [6, 6.07) is 7.21. The molecule has 31 heavy (non-hydrogen) atoms. The molecule has 12 nitrogen and oxygen atoms in total. The Hall–Kier alpha value is -1.91. The molecule has 1 fully saturated rings. The molecule has 1 saturated heterocycles. The first-order valence-electron chi connectivity index (χ1n) is 8.98. The fourth-order valence-electron chi connectivity index (χ4n) is 3.16. The number of rotatable bonds is 7. The number of aliphatic hydroxyl groups excluding tert-OH is 4. The second kappa shape index (κ2) is 9.70. The van der Waals surface area contributed by atoms with E-state index in [1.807, 2.05) is 0 Å². The number of thioether (sulfide) groups is 1. The molecule has 14 heteroatoms. The highest BCUT2D eigenvalue weighted by Crippen LogP contribution is 2.31. The molecule has 0 radical (unpaired) electrons. The molecule has 5 N–H and O–H groups in total. The molecule has 0 aliphatic carbocycles. The van der Waals surface area contributed by atoms with Crippen LogP contribution in [0.1, 0.15) is 5.56 Å². The van der Waals surface area contributed by atoms with Gasteiger partial charge in [0.15, 0.2) is 0 Å². The van der Waals surface area contributed by atoms with Crippen molar-refractivity contribution in [1.82, 2.24) is 4.73 Å². The van der Waals surface area contributed by atoms with Gasteiger partial charge in [0.05, 0.1) is 12.1 Å². The lowest BCUT2D eigenvalue weighted by molar-refractivity contribution is -0.205. The van der Waals surface area contributed by atoms with Gasteiger partial charge in [-0.3, -0.25) is 4.55 Å². The number of hydrogen-bond donors (Lipinski definition) is 5. The third kappa shape index (κ3) is 5.48. The molecule has 3 rings (SSSR count). The lowest BCUT2D eigenvalue weighted by Crippen LogP contribution is -2.57. The van der Waals surface area contributed by atoms with E-state index in [1.54, 1.807) is 30.5 Å². The van der Waals surface area contributed by atoms with Crippen LogP contribution in [0, 0.1) is 0 Å². The van der Waals surface area contributed by atoms with Crippen LogP contribution in [-0.2, 0) is 25.8 Å². The molecule has 5 atom stereocenters. The van der Waals surface area contributed by atoms with Crippen LogP contribution in [0.2, 0.25) is 0 Å². The minimum atomic E-state index is -4.91. The number of aliphatic hydroxyl groups is 4. The molecular formula is C17H22N2O10S2. The summed E-state index contributed by atoms with van der Waals surface area (Å²) in [7, 11) is -3.44. The number of fused-ring (bicyclic) bond motifs is 1. The molecule has 1 aliphatic rings. The summed E-state index contributed by atoms with van der Waals surface area (Å²) in [5.41, 5.74) is 0.148. The molecule has 1 aromatic heterocycles. The fraction of sp³-hybridized carbons (Fsp3) is 0.471. The topological polar surface area (TPSA) is 180 Å². The normalized spacial score (nSPS) is 27.4. The van der Waals surface area contributed by atoms with Crippen LogP contribution in [0.4, 0.5) is 0 Å². The molecule has 0 spiro atoms. The van der Waals surface area contributed by atoms with Crippen LogP contribution in [0.25, 0.3) is 10.9 Å². The Morgan fingerprint density at radius 3 is 2.58 bits per heavy atom. The summed E-state index contributed by atoms with van der Waals surface area (Å²) in [6.45, 7) is -0.628. The maximum Gasteiger partial charge on any atom is 0.466 e. The second-order valence-corrected chi connectivity index (χ2v) is 8.84. The van der Waals surface area contributed by atoms with E-state index in [0.29, 0.717) is 17.3 Å². The summed E-state index contributed by atoms with van der Waals surface area (Å²) in [5.74, 6) is 0. The number of oxime groups is 1. The Labute approximate surface area is 181 Å². The van der Waals surface area contributed by atoms with Crippen LogP contribution in [-0.4, -0.2) is 86.7 Å². The van der Waals surface area contributed by atoms with Gasteiger partial charge >= 0.3 is 10.4 Å². The first kappa shape index (κ1) is 23.7. The van der Waals surface area contributed by atoms with Crippen LogP contribution in [0.5, 0.6) is 0 Å². The second-order valence-electron chi connectivity index (χ2n) is 6.66. The Kier molecular flexibility index (Phi) is 7.43. The van der Waals surface area contributed by atoms with Gasteiger partial charge in [-0.25, -0.2) is 4.28 Å². The van der Waals surface area contributed by atoms with Crippen molar-refractivity contribution in [2.24, 2.45) is 5.16 Å². The first-order valence-corrected chi connectivity index (χ1v) is 11.2. The van der Waals surface area contributed by atoms with Gasteiger partial charge in [0.25, 0.3) is 0 Å². The van der Waals surface area contributed by atoms with Gasteiger partial charge in [-0.2, -0.15) is 13.1 Å². The van der Waals surface area contributed by atoms with E-state index in [4.69, 9.17) is 14.1 Å². The fourth-order valence-corrected chi connectivity index (χ4v) is 4.47. The Balaban J connectivity index is 1.91. The zero-order valence-corrected chi connectivity index (χ0v) is 17.8. The molecule has 5 unspecified atom stereocenters. The summed E-state index contributed by atoms with van der Waals surface area (Å²) in [6.07, 6.45) is -4.30. The van der Waals surface area contributed by atoms with Crippen LogP contribution in [0.3, 0.4) is 0 Å². The number of ether oxygens (including phenoxy) is 1. The SMILES string of the molecule is COn1cc(C/C(=N\OS(=O)(=O)O)SC2OC(CO)C(O)C(O)C2O)c2ccccc21. The average Bonchev–Trinajstić information content (AvgIpc) is 3.09. The van der Waals surface area contributed by atoms with Gasteiger partial charge in [0.2, 0.25) is 0 Å². The quantitative estimate of drug-likeness (QED) is 0.141. The maximum absolute atomic E-state index is 11.0. The predicted octanol–water partition coefficient (Wildman–Crippen LogP) is -1.09. The highest BCUT2D eigenvalue weighted by Gasteiger charge is 2.44. The van der Waals surface area contributed by atoms with Crippen molar-refractivity contribution in [3.05, 3.63) is 36.0 Å². The van der Waals surface area contributed by atoms with Gasteiger partial charge in [0, 0.05) is 18.0 Å². The highest BCUT2D eigenvalue weighted by atomic mass is 32.3. The van der Waals surface area contributed by atoms with E-state index in [2.05, 4.69) is 9.44 Å². The zero-order chi connectivity index (χ0) is 22.8. The molecule has 0 bridgehead atoms. The van der Waals surface area contributed by atoms with Gasteiger partial charge in [-0.05, 0) is 11.6 Å². The first-order chi connectivity index (χ1) is 14.6. The number of hydrogen-bond acceptors (Lipinski definition) is 11. The van der Waals surface area contributed by atoms with E-state index in [0.717, 1.165) is 10.9 Å². The van der Waals surface area contributed by atoms with E-state index in [1.165, 1.54) is 11.8 Å². The Morgan fingerprint density at radius 2 is 1.94 bits per heavy atom. The molecule has 2 heterocycles. The van der Waals surface area contributed by atoms with Gasteiger partial charge in [-0.15, -0.1) is 0 Å². The molecular weight excluding hydrogens is 456 g/mol. The summed E-state index contributed by atoms with van der Waals surface area (Å²) in [4.78, 5) is 5.27. The van der Waals surface area contributed by atoms with Gasteiger partial charge < -0.3 is 30.0 Å². The van der Waals surface area contributed by atoms with Crippen molar-refractivity contribution in [2.45, 2.75) is 36.3 Å². The van der Waals surface area contributed by atoms with Crippen molar-refractivity contribution in [2.75, 3.05) is 13.7 Å². The summed E-state index contributed by atoms with van der Waals surface area (Å²) < 4.78 is 42.0. The van der Waals surface area contributed by atoms with Crippen molar-refractivity contribution >= 4 is 38.1 Å². The highest BCUT2D eigenvalue weighted by molar-refractivity contribution is 8.14. The van der Waals surface area contributed by atoms with E-state index < -0.39 is 46.9 Å². The molecule has 1 aromatic carbocycles. The van der Waals surface area contributed by atoms with Gasteiger partial charge in [0.1, 0.15) is 42.0 Å². The lowest BCUT2D eigenvalue weighted by Gasteiger charge is -2.39. The Bertz CT molecular complexity index is 1040. The van der Waals surface area contributed by atoms with E-state index in [-0.39, 0.29) is 11.5 Å². The van der Waals surface area contributed by atoms with Crippen molar-refractivity contribution < 1.29 is 47.3 Å². The number of para-hydroxylation sites is 1. The standard InChI is InChI=1S/C17H22N2O10S2/c1-27-19-7-9(10-4-2-3-5-11(10)19)6-13(18-29-31(24,25)26)30-17-16(23)15(22)14(21)12(8-20)28-17/h2-5,7,12,14-17,20-23H,6,8H2,1H3,(H,24,25,26)/b18-13+. The molecule has 172 valence electrons. The third-order valence-corrected chi connectivity index (χ3v) is 6.01. The third-order valence-electron chi connectivity index (χ3n) is 4.63. The largest absolute Gasteiger partial charge is 0.466 e. The minimum Gasteiger partial charge on any atom is -0.417 e. The molecule has 0 amide bonds. The smallest absolute Gasteiger partial charge is 0.417 e. The average molecular weight is 479 g/mol. The van der Waals surface area contributed by atoms with Crippen LogP contribution < -0.4 is 4.84 Å². The lowest BCUT2D eigenvalue weighted by atomic mass is 10.0. The van der Waals surface area contributed by atoms with Crippen molar-refractivity contribution in [3.63, 3.8) is 0 Å². The number of benzene rings is 1. The van der Waals surface area contributed by atoms with E-state index >= 15 is 0 Å². The van der Waals surface area contributed by atoms with Crippen LogP contribution in [0.15, 0.2) is 35.6 Å². The zero-order valence-electron chi connectivity index (χ0n) is 16.2. The van der Waals surface area contributed by atoms with E-state index in [9.17, 15) is 28.8 Å². The monoisotopic (exact) mass is 478 g/mol. The van der Waals surface area contributed by atoms with Crippen molar-refractivity contribution in [1.29, 1.82) is 0 Å². The Morgan fingerprint density at radius 1 is 1.23 bits per heavy atom. The van der Waals surface area contributed by atoms with Gasteiger partial charge in [-0.1, -0.05) is 35.1 Å². The molecule has 1 aliphatic heterocycles. The van der Waals surface area contributed by atoms with Crippen LogP contribution >= 0.6 is 11.8 Å². The number of aromatic nitrogens is 1. The molecule has 0 saturated carbocycles. The predicted molar refractivity (Wildman–Crippen MR) is 110 cm³/mol. The molecule has 2 aromatic rings. The van der Waals surface area contributed by atoms with Crippen molar-refractivity contribution in [3.8, 4) is 0 Å². The summed E-state index contributed by atoms with van der Waals surface area (Å²) in [5, 5.41) is 43.7.